The number of carbonyl (C=O) groups excluding carboxylic acids is 1. The van der Waals surface area contributed by atoms with Crippen molar-refractivity contribution in [1.82, 2.24) is 5.32 Å². The third-order valence-corrected chi connectivity index (χ3v) is 6.78. The minimum Gasteiger partial charge on any atom is -0.352 e. The van der Waals surface area contributed by atoms with Crippen LogP contribution >= 0.6 is 15.9 Å². The molecule has 25 heavy (non-hydrogen) atoms. The van der Waals surface area contributed by atoms with Crippen LogP contribution in [0.5, 0.6) is 0 Å². The molecule has 0 saturated carbocycles. The average Bonchev–Trinajstić information content (AvgIpc) is 2.96. The van der Waals surface area contributed by atoms with E-state index in [1.807, 2.05) is 24.3 Å². The fourth-order valence-corrected chi connectivity index (χ4v) is 4.89. The van der Waals surface area contributed by atoms with E-state index in [4.69, 9.17) is 0 Å². The van der Waals surface area contributed by atoms with Gasteiger partial charge in [-0.2, -0.15) is 0 Å². The van der Waals surface area contributed by atoms with E-state index < -0.39 is 10.0 Å². The molecule has 0 spiro atoms. The van der Waals surface area contributed by atoms with E-state index in [1.165, 1.54) is 4.31 Å². The minimum absolute atomic E-state index is 0.162. The molecule has 7 heteroatoms. The van der Waals surface area contributed by atoms with Gasteiger partial charge in [-0.3, -0.25) is 9.10 Å². The Bertz CT molecular complexity index is 883. The Morgan fingerprint density at radius 3 is 2.68 bits per heavy atom. The summed E-state index contributed by atoms with van der Waals surface area (Å²) in [7, 11) is -3.24. The molecule has 132 valence electrons. The molecule has 3 rings (SSSR count). The average molecular weight is 423 g/mol. The van der Waals surface area contributed by atoms with Crippen LogP contribution in [0.15, 0.2) is 53.0 Å². The number of amides is 1. The first-order valence-electron chi connectivity index (χ1n) is 8.09. The van der Waals surface area contributed by atoms with E-state index in [0.29, 0.717) is 37.2 Å². The van der Waals surface area contributed by atoms with Crippen molar-refractivity contribution in [3.05, 3.63) is 64.1 Å². The molecule has 0 unspecified atom stereocenters. The smallest absolute Gasteiger partial charge is 0.251 e. The van der Waals surface area contributed by atoms with Gasteiger partial charge in [-0.25, -0.2) is 8.42 Å². The third-order valence-electron chi connectivity index (χ3n) is 4.13. The Kier molecular flexibility index (Phi) is 5.44. The molecule has 1 saturated heterocycles. The Morgan fingerprint density at radius 2 is 1.96 bits per heavy atom. The van der Waals surface area contributed by atoms with Crippen LogP contribution in [-0.4, -0.2) is 33.2 Å². The number of nitrogens with one attached hydrogen (secondary N) is 1. The largest absolute Gasteiger partial charge is 0.352 e. The first-order chi connectivity index (χ1) is 12.0. The molecular weight excluding hydrogens is 404 g/mol. The van der Waals surface area contributed by atoms with Crippen molar-refractivity contribution in [2.45, 2.75) is 12.8 Å². The highest BCUT2D eigenvalue weighted by Gasteiger charge is 2.28. The molecular formula is C18H19BrN2O3S. The fraction of sp³-hybridized carbons (Fsp3) is 0.278. The second kappa shape index (κ2) is 7.58. The molecule has 1 fully saturated rings. The van der Waals surface area contributed by atoms with Crippen molar-refractivity contribution >= 4 is 37.5 Å². The number of hydrogen-bond donors (Lipinski definition) is 1. The molecule has 1 aliphatic rings. The van der Waals surface area contributed by atoms with Gasteiger partial charge in [0.05, 0.1) is 11.4 Å². The number of halogens is 1. The monoisotopic (exact) mass is 422 g/mol. The van der Waals surface area contributed by atoms with Crippen molar-refractivity contribution in [1.29, 1.82) is 0 Å². The van der Waals surface area contributed by atoms with Gasteiger partial charge in [0.1, 0.15) is 0 Å². The van der Waals surface area contributed by atoms with Gasteiger partial charge in [-0.1, -0.05) is 40.2 Å². The molecule has 5 nitrogen and oxygen atoms in total. The number of carbonyl (C=O) groups is 1. The summed E-state index contributed by atoms with van der Waals surface area (Å²) in [4.78, 5) is 12.4. The van der Waals surface area contributed by atoms with Gasteiger partial charge in [-0.15, -0.1) is 0 Å². The van der Waals surface area contributed by atoms with E-state index >= 15 is 0 Å². The minimum atomic E-state index is -3.24. The second-order valence-electron chi connectivity index (χ2n) is 5.89. The van der Waals surface area contributed by atoms with E-state index in [1.54, 1.807) is 24.3 Å². The van der Waals surface area contributed by atoms with Crippen LogP contribution in [0, 0.1) is 0 Å². The maximum absolute atomic E-state index is 12.4. The van der Waals surface area contributed by atoms with E-state index in [-0.39, 0.29) is 11.7 Å². The van der Waals surface area contributed by atoms with Crippen LogP contribution in [0.4, 0.5) is 5.69 Å². The number of anilines is 1. The highest BCUT2D eigenvalue weighted by Crippen LogP contribution is 2.24. The normalized spacial score (nSPS) is 16.0. The lowest BCUT2D eigenvalue weighted by atomic mass is 10.1. The predicted octanol–water partition coefficient (Wildman–Crippen LogP) is 2.96. The van der Waals surface area contributed by atoms with Crippen LogP contribution in [-0.2, 0) is 16.4 Å². The summed E-state index contributed by atoms with van der Waals surface area (Å²) in [5.74, 6) is -0.0412. The molecule has 1 heterocycles. The van der Waals surface area contributed by atoms with Crippen LogP contribution in [0.3, 0.4) is 0 Å². The van der Waals surface area contributed by atoms with Crippen molar-refractivity contribution in [2.24, 2.45) is 0 Å². The number of hydrogen-bond acceptors (Lipinski definition) is 3. The molecule has 0 aliphatic carbocycles. The van der Waals surface area contributed by atoms with Crippen molar-refractivity contribution in [3.8, 4) is 0 Å². The molecule has 2 aromatic carbocycles. The molecule has 0 radical (unpaired) electrons. The van der Waals surface area contributed by atoms with Gasteiger partial charge in [-0.05, 0) is 42.7 Å². The van der Waals surface area contributed by atoms with Crippen molar-refractivity contribution < 1.29 is 13.2 Å². The molecule has 2 aromatic rings. The first-order valence-corrected chi connectivity index (χ1v) is 10.5. The van der Waals surface area contributed by atoms with Crippen LogP contribution < -0.4 is 9.62 Å². The Hall–Kier alpha value is -1.86. The Labute approximate surface area is 156 Å². The SMILES string of the molecule is O=C(NCCc1ccccc1Br)c1cccc(N2CCCS2(=O)=O)c1. The molecule has 1 N–H and O–H groups in total. The number of benzene rings is 2. The highest BCUT2D eigenvalue weighted by atomic mass is 79.9. The second-order valence-corrected chi connectivity index (χ2v) is 8.76. The van der Waals surface area contributed by atoms with Crippen LogP contribution in [0.25, 0.3) is 0 Å². The lowest BCUT2D eigenvalue weighted by molar-refractivity contribution is 0.0954. The van der Waals surface area contributed by atoms with E-state index in [2.05, 4.69) is 21.2 Å². The standard InChI is InChI=1S/C18H19BrN2O3S/c19-17-8-2-1-5-14(17)9-10-20-18(22)15-6-3-7-16(13-15)21-11-4-12-25(21,23)24/h1-3,5-8,13H,4,9-12H2,(H,20,22). The number of nitrogens with zero attached hydrogens (tertiary/aromatic N) is 1. The number of rotatable bonds is 5. The zero-order chi connectivity index (χ0) is 17.9. The quantitative estimate of drug-likeness (QED) is 0.804. The summed E-state index contributed by atoms with van der Waals surface area (Å²) in [6, 6.07) is 14.7. The lowest BCUT2D eigenvalue weighted by Gasteiger charge is -2.17. The molecule has 1 aliphatic heterocycles. The fourth-order valence-electron chi connectivity index (χ4n) is 2.85. The van der Waals surface area contributed by atoms with E-state index in [9.17, 15) is 13.2 Å². The zero-order valence-electron chi connectivity index (χ0n) is 13.6. The lowest BCUT2D eigenvalue weighted by Crippen LogP contribution is -2.27. The summed E-state index contributed by atoms with van der Waals surface area (Å²) in [6.45, 7) is 0.975. The topological polar surface area (TPSA) is 66.5 Å². The van der Waals surface area contributed by atoms with E-state index in [0.717, 1.165) is 10.0 Å². The summed E-state index contributed by atoms with van der Waals surface area (Å²) in [5.41, 5.74) is 2.14. The van der Waals surface area contributed by atoms with Gasteiger partial charge in [0.15, 0.2) is 0 Å². The summed E-state index contributed by atoms with van der Waals surface area (Å²) >= 11 is 3.49. The molecule has 0 bridgehead atoms. The summed E-state index contributed by atoms with van der Waals surface area (Å²) < 4.78 is 26.4. The van der Waals surface area contributed by atoms with Gasteiger partial charge in [0.25, 0.3) is 5.91 Å². The summed E-state index contributed by atoms with van der Waals surface area (Å²) in [5, 5.41) is 2.89. The predicted molar refractivity (Wildman–Crippen MR) is 102 cm³/mol. The number of sulfonamides is 1. The summed E-state index contributed by atoms with van der Waals surface area (Å²) in [6.07, 6.45) is 1.33. The molecule has 0 aromatic heterocycles. The first kappa shape index (κ1) is 17.9. The molecule has 0 atom stereocenters. The van der Waals surface area contributed by atoms with Gasteiger partial charge >= 0.3 is 0 Å². The van der Waals surface area contributed by atoms with Gasteiger partial charge in [0, 0.05) is 23.1 Å². The molecule has 1 amide bonds. The zero-order valence-corrected chi connectivity index (χ0v) is 16.0. The third kappa shape index (κ3) is 4.22. The van der Waals surface area contributed by atoms with Crippen molar-refractivity contribution in [3.63, 3.8) is 0 Å². The maximum atomic E-state index is 12.4. The van der Waals surface area contributed by atoms with Crippen LogP contribution in [0.2, 0.25) is 0 Å². The van der Waals surface area contributed by atoms with Crippen molar-refractivity contribution in [2.75, 3.05) is 23.1 Å². The Morgan fingerprint density at radius 1 is 1.16 bits per heavy atom. The Balaban J connectivity index is 1.65. The van der Waals surface area contributed by atoms with Gasteiger partial charge in [0.2, 0.25) is 10.0 Å². The highest BCUT2D eigenvalue weighted by molar-refractivity contribution is 9.10. The van der Waals surface area contributed by atoms with Crippen LogP contribution in [0.1, 0.15) is 22.3 Å². The van der Waals surface area contributed by atoms with Gasteiger partial charge < -0.3 is 5.32 Å². The maximum Gasteiger partial charge on any atom is 0.251 e.